The molecule has 1 aromatic rings. The van der Waals surface area contributed by atoms with Crippen LogP contribution in [0.2, 0.25) is 0 Å². The first-order valence-corrected chi connectivity index (χ1v) is 7.05. The highest BCUT2D eigenvalue weighted by Crippen LogP contribution is 2.50. The number of hydrogen-bond acceptors (Lipinski definition) is 2. The number of rotatable bonds is 4. The Bertz CT molecular complexity index is 403. The molecule has 0 radical (unpaired) electrons. The fraction of sp³-hybridized carbons (Fsp3) is 0.667. The average Bonchev–Trinajstić information content (AvgIpc) is 2.99. The van der Waals surface area contributed by atoms with Gasteiger partial charge in [-0.15, -0.1) is 0 Å². The molecule has 2 nitrogen and oxygen atoms in total. The zero-order valence-electron chi connectivity index (χ0n) is 10.9. The van der Waals surface area contributed by atoms with Gasteiger partial charge >= 0.3 is 0 Å². The lowest BCUT2D eigenvalue weighted by Crippen LogP contribution is -2.23. The summed E-state index contributed by atoms with van der Waals surface area (Å²) in [6, 6.07) is 3.59. The third-order valence-electron chi connectivity index (χ3n) is 4.88. The third kappa shape index (κ3) is 2.28. The van der Waals surface area contributed by atoms with Gasteiger partial charge in [-0.1, -0.05) is 6.42 Å². The van der Waals surface area contributed by atoms with Crippen molar-refractivity contribution < 1.29 is 4.39 Å². The van der Waals surface area contributed by atoms with Crippen molar-refractivity contribution in [1.82, 2.24) is 10.3 Å². The highest BCUT2D eigenvalue weighted by Gasteiger charge is 2.40. The topological polar surface area (TPSA) is 24.9 Å². The Hall–Kier alpha value is -0.960. The van der Waals surface area contributed by atoms with Crippen LogP contribution in [0.3, 0.4) is 0 Å². The third-order valence-corrected chi connectivity index (χ3v) is 4.88. The van der Waals surface area contributed by atoms with E-state index in [-0.39, 0.29) is 11.9 Å². The summed E-state index contributed by atoms with van der Waals surface area (Å²) in [6.45, 7) is 0. The SMILES string of the molecule is CNC(CC1CC2CCC1C2)c1ccc(F)cn1. The van der Waals surface area contributed by atoms with Gasteiger partial charge in [0, 0.05) is 6.04 Å². The summed E-state index contributed by atoms with van der Waals surface area (Å²) in [5.41, 5.74) is 0.974. The largest absolute Gasteiger partial charge is 0.312 e. The molecular formula is C15H21FN2. The molecule has 0 saturated heterocycles. The van der Waals surface area contributed by atoms with Crippen LogP contribution < -0.4 is 5.32 Å². The molecule has 3 heteroatoms. The van der Waals surface area contributed by atoms with E-state index in [9.17, 15) is 4.39 Å². The van der Waals surface area contributed by atoms with Crippen LogP contribution >= 0.6 is 0 Å². The van der Waals surface area contributed by atoms with Crippen molar-refractivity contribution in [2.45, 2.75) is 38.1 Å². The number of hydrogen-bond donors (Lipinski definition) is 1. The highest BCUT2D eigenvalue weighted by molar-refractivity contribution is 5.10. The van der Waals surface area contributed by atoms with Crippen LogP contribution in [0, 0.1) is 23.6 Å². The molecule has 4 atom stereocenters. The Morgan fingerprint density at radius 3 is 2.83 bits per heavy atom. The van der Waals surface area contributed by atoms with Gasteiger partial charge in [-0.25, -0.2) is 4.39 Å². The normalized spacial score (nSPS) is 31.8. The fourth-order valence-electron chi connectivity index (χ4n) is 3.95. The van der Waals surface area contributed by atoms with Crippen LogP contribution in [-0.2, 0) is 0 Å². The molecular weight excluding hydrogens is 227 g/mol. The number of nitrogens with one attached hydrogen (secondary N) is 1. The second kappa shape index (κ2) is 4.96. The van der Waals surface area contributed by atoms with E-state index in [2.05, 4.69) is 10.3 Å². The van der Waals surface area contributed by atoms with Crippen molar-refractivity contribution in [1.29, 1.82) is 0 Å². The van der Waals surface area contributed by atoms with Crippen molar-refractivity contribution in [2.24, 2.45) is 17.8 Å². The van der Waals surface area contributed by atoms with E-state index in [1.165, 1.54) is 37.9 Å². The maximum Gasteiger partial charge on any atom is 0.141 e. The van der Waals surface area contributed by atoms with Crippen LogP contribution in [-0.4, -0.2) is 12.0 Å². The number of fused-ring (bicyclic) bond motifs is 2. The van der Waals surface area contributed by atoms with Gasteiger partial charge in [0.2, 0.25) is 0 Å². The van der Waals surface area contributed by atoms with E-state index >= 15 is 0 Å². The molecule has 2 bridgehead atoms. The summed E-state index contributed by atoms with van der Waals surface area (Å²) < 4.78 is 12.9. The minimum absolute atomic E-state index is 0.256. The van der Waals surface area contributed by atoms with Gasteiger partial charge in [0.1, 0.15) is 5.82 Å². The molecule has 0 amide bonds. The highest BCUT2D eigenvalue weighted by atomic mass is 19.1. The minimum atomic E-state index is -0.256. The molecule has 1 heterocycles. The second-order valence-corrected chi connectivity index (χ2v) is 5.91. The van der Waals surface area contributed by atoms with E-state index in [0.717, 1.165) is 29.9 Å². The molecule has 0 spiro atoms. The Labute approximate surface area is 108 Å². The van der Waals surface area contributed by atoms with Crippen LogP contribution in [0.1, 0.15) is 43.8 Å². The summed E-state index contributed by atoms with van der Waals surface area (Å²) in [6.07, 6.45) is 8.17. The lowest BCUT2D eigenvalue weighted by molar-refractivity contribution is 0.282. The molecule has 98 valence electrons. The number of aromatic nitrogens is 1. The molecule has 4 unspecified atom stereocenters. The van der Waals surface area contributed by atoms with Crippen molar-refractivity contribution >= 4 is 0 Å². The van der Waals surface area contributed by atoms with Crippen molar-refractivity contribution in [3.63, 3.8) is 0 Å². The van der Waals surface area contributed by atoms with Crippen LogP contribution in [0.15, 0.2) is 18.3 Å². The molecule has 0 aliphatic heterocycles. The van der Waals surface area contributed by atoms with Gasteiger partial charge in [-0.3, -0.25) is 4.98 Å². The molecule has 2 aliphatic rings. The number of nitrogens with zero attached hydrogens (tertiary/aromatic N) is 1. The Morgan fingerprint density at radius 2 is 2.28 bits per heavy atom. The minimum Gasteiger partial charge on any atom is -0.312 e. The van der Waals surface area contributed by atoms with Crippen molar-refractivity contribution in [3.8, 4) is 0 Å². The second-order valence-electron chi connectivity index (χ2n) is 5.91. The summed E-state index contributed by atoms with van der Waals surface area (Å²) >= 11 is 0. The summed E-state index contributed by atoms with van der Waals surface area (Å²) in [4.78, 5) is 4.22. The molecule has 0 aromatic carbocycles. The number of pyridine rings is 1. The first kappa shape index (κ1) is 12.1. The monoisotopic (exact) mass is 248 g/mol. The van der Waals surface area contributed by atoms with Gasteiger partial charge in [-0.05, 0) is 62.6 Å². The van der Waals surface area contributed by atoms with E-state index in [4.69, 9.17) is 0 Å². The Kier molecular flexibility index (Phi) is 3.33. The molecule has 18 heavy (non-hydrogen) atoms. The average molecular weight is 248 g/mol. The van der Waals surface area contributed by atoms with Gasteiger partial charge in [0.25, 0.3) is 0 Å². The lowest BCUT2D eigenvalue weighted by atomic mass is 9.83. The van der Waals surface area contributed by atoms with E-state index in [0.29, 0.717) is 0 Å². The molecule has 3 rings (SSSR count). The van der Waals surface area contributed by atoms with Crippen molar-refractivity contribution in [3.05, 3.63) is 29.8 Å². The first-order valence-electron chi connectivity index (χ1n) is 7.05. The maximum absolute atomic E-state index is 12.9. The fourth-order valence-corrected chi connectivity index (χ4v) is 3.95. The standard InChI is InChI=1S/C15H21FN2/c1-17-15(14-5-4-13(16)9-18-14)8-12-7-10-2-3-11(12)6-10/h4-5,9-12,15,17H,2-3,6-8H2,1H3. The van der Waals surface area contributed by atoms with E-state index in [1.807, 2.05) is 13.1 Å². The molecule has 2 saturated carbocycles. The van der Waals surface area contributed by atoms with Gasteiger partial charge in [0.15, 0.2) is 0 Å². The maximum atomic E-state index is 12.9. The van der Waals surface area contributed by atoms with Gasteiger partial charge in [0.05, 0.1) is 11.9 Å². The molecule has 1 aromatic heterocycles. The lowest BCUT2D eigenvalue weighted by Gasteiger charge is -2.26. The van der Waals surface area contributed by atoms with Crippen LogP contribution in [0.25, 0.3) is 0 Å². The van der Waals surface area contributed by atoms with Gasteiger partial charge < -0.3 is 5.32 Å². The summed E-state index contributed by atoms with van der Waals surface area (Å²) in [5.74, 6) is 2.51. The molecule has 2 aliphatic carbocycles. The quantitative estimate of drug-likeness (QED) is 0.884. The zero-order chi connectivity index (χ0) is 12.5. The smallest absolute Gasteiger partial charge is 0.141 e. The Balaban J connectivity index is 1.67. The summed E-state index contributed by atoms with van der Waals surface area (Å²) in [7, 11) is 1.98. The van der Waals surface area contributed by atoms with Crippen LogP contribution in [0.5, 0.6) is 0 Å². The molecule has 2 fully saturated rings. The van der Waals surface area contributed by atoms with Crippen LogP contribution in [0.4, 0.5) is 4.39 Å². The van der Waals surface area contributed by atoms with E-state index < -0.39 is 0 Å². The zero-order valence-corrected chi connectivity index (χ0v) is 10.9. The molecule has 1 N–H and O–H groups in total. The Morgan fingerprint density at radius 1 is 1.39 bits per heavy atom. The predicted octanol–water partition coefficient (Wildman–Crippen LogP) is 3.31. The first-order chi connectivity index (χ1) is 8.76. The van der Waals surface area contributed by atoms with E-state index in [1.54, 1.807) is 0 Å². The predicted molar refractivity (Wildman–Crippen MR) is 69.6 cm³/mol. The summed E-state index contributed by atoms with van der Waals surface area (Å²) in [5, 5.41) is 3.34. The van der Waals surface area contributed by atoms with Crippen molar-refractivity contribution in [2.75, 3.05) is 7.05 Å². The number of halogens is 1. The van der Waals surface area contributed by atoms with Gasteiger partial charge in [-0.2, -0.15) is 0 Å².